The van der Waals surface area contributed by atoms with Gasteiger partial charge < -0.3 is 10.2 Å². The molecular formula is C18H24ClN3O4S. The fourth-order valence-corrected chi connectivity index (χ4v) is 5.56. The van der Waals surface area contributed by atoms with Gasteiger partial charge in [0.1, 0.15) is 0 Å². The first-order valence-electron chi connectivity index (χ1n) is 9.07. The number of carbonyl (C=O) groups is 2. The third-order valence-corrected chi connectivity index (χ3v) is 7.20. The van der Waals surface area contributed by atoms with Gasteiger partial charge in [-0.1, -0.05) is 23.7 Å². The van der Waals surface area contributed by atoms with Crippen molar-refractivity contribution in [1.82, 2.24) is 9.80 Å². The Hall–Kier alpha value is -1.64. The van der Waals surface area contributed by atoms with Gasteiger partial charge in [-0.2, -0.15) is 0 Å². The van der Waals surface area contributed by atoms with Crippen LogP contribution in [0.2, 0.25) is 5.02 Å². The predicted octanol–water partition coefficient (Wildman–Crippen LogP) is 1.25. The number of sulfone groups is 1. The van der Waals surface area contributed by atoms with E-state index >= 15 is 0 Å². The summed E-state index contributed by atoms with van der Waals surface area (Å²) in [7, 11) is -2.96. The number of anilines is 1. The standard InChI is InChI=1S/C18H24ClN3O4S/c19-15-3-1-2-4-16(15)20-17(23)12-21-6-8-22(9-7-21)18(24)11-14-5-10-27(25,26)13-14/h1-4,14H,5-13H2,(H,20,23)/t14-/m1/s1. The maximum Gasteiger partial charge on any atom is 0.238 e. The lowest BCUT2D eigenvalue weighted by atomic mass is 10.0. The van der Waals surface area contributed by atoms with Crippen molar-refractivity contribution in [2.24, 2.45) is 5.92 Å². The van der Waals surface area contributed by atoms with Crippen molar-refractivity contribution in [1.29, 1.82) is 0 Å². The molecule has 0 spiro atoms. The molecule has 2 fully saturated rings. The van der Waals surface area contributed by atoms with Gasteiger partial charge in [-0.3, -0.25) is 14.5 Å². The van der Waals surface area contributed by atoms with Crippen LogP contribution in [-0.2, 0) is 19.4 Å². The third-order valence-electron chi connectivity index (χ3n) is 5.03. The molecule has 1 atom stereocenters. The van der Waals surface area contributed by atoms with E-state index in [9.17, 15) is 18.0 Å². The van der Waals surface area contributed by atoms with Crippen LogP contribution in [0.1, 0.15) is 12.8 Å². The number of benzene rings is 1. The normalized spacial score (nSPS) is 22.6. The average Bonchev–Trinajstić information content (AvgIpc) is 2.96. The highest BCUT2D eigenvalue weighted by atomic mass is 35.5. The predicted molar refractivity (Wildman–Crippen MR) is 104 cm³/mol. The van der Waals surface area contributed by atoms with Gasteiger partial charge in [-0.25, -0.2) is 8.42 Å². The molecule has 1 aromatic carbocycles. The van der Waals surface area contributed by atoms with Crippen molar-refractivity contribution < 1.29 is 18.0 Å². The van der Waals surface area contributed by atoms with Gasteiger partial charge in [0.2, 0.25) is 11.8 Å². The molecular weight excluding hydrogens is 390 g/mol. The Labute approximate surface area is 164 Å². The SMILES string of the molecule is O=C(CN1CCN(C(=O)C[C@H]2CCS(=O)(=O)C2)CC1)Nc1ccccc1Cl. The van der Waals surface area contributed by atoms with Crippen LogP contribution >= 0.6 is 11.6 Å². The van der Waals surface area contributed by atoms with Gasteiger partial charge in [-0.05, 0) is 24.5 Å². The van der Waals surface area contributed by atoms with Crippen LogP contribution in [0.5, 0.6) is 0 Å². The van der Waals surface area contributed by atoms with E-state index in [-0.39, 0.29) is 35.8 Å². The summed E-state index contributed by atoms with van der Waals surface area (Å²) in [6, 6.07) is 7.08. The molecule has 2 saturated heterocycles. The second-order valence-electron chi connectivity index (χ2n) is 7.16. The monoisotopic (exact) mass is 413 g/mol. The summed E-state index contributed by atoms with van der Waals surface area (Å²) >= 11 is 6.04. The minimum Gasteiger partial charge on any atom is -0.340 e. The van der Waals surface area contributed by atoms with Crippen molar-refractivity contribution in [2.45, 2.75) is 12.8 Å². The lowest BCUT2D eigenvalue weighted by Crippen LogP contribution is -2.50. The molecule has 0 radical (unpaired) electrons. The first kappa shape index (κ1) is 20.1. The molecule has 0 aromatic heterocycles. The summed E-state index contributed by atoms with van der Waals surface area (Å²) in [6.07, 6.45) is 0.877. The molecule has 1 aromatic rings. The highest BCUT2D eigenvalue weighted by Gasteiger charge is 2.31. The number of hydrogen-bond donors (Lipinski definition) is 1. The van der Waals surface area contributed by atoms with Crippen LogP contribution in [0.15, 0.2) is 24.3 Å². The number of nitrogens with zero attached hydrogens (tertiary/aromatic N) is 2. The van der Waals surface area contributed by atoms with E-state index in [1.165, 1.54) is 0 Å². The van der Waals surface area contributed by atoms with Crippen LogP contribution in [0.4, 0.5) is 5.69 Å². The van der Waals surface area contributed by atoms with Gasteiger partial charge in [0.25, 0.3) is 0 Å². The summed E-state index contributed by atoms with van der Waals surface area (Å²) < 4.78 is 23.0. The molecule has 0 unspecified atom stereocenters. The maximum absolute atomic E-state index is 12.4. The zero-order valence-corrected chi connectivity index (χ0v) is 16.6. The molecule has 2 heterocycles. The number of rotatable bonds is 5. The van der Waals surface area contributed by atoms with Gasteiger partial charge >= 0.3 is 0 Å². The van der Waals surface area contributed by atoms with Gasteiger partial charge in [0, 0.05) is 32.6 Å². The quantitative estimate of drug-likeness (QED) is 0.785. The van der Waals surface area contributed by atoms with Crippen molar-refractivity contribution in [3.8, 4) is 0 Å². The molecule has 2 aliphatic rings. The van der Waals surface area contributed by atoms with E-state index in [0.29, 0.717) is 49.7 Å². The minimum atomic E-state index is -2.96. The van der Waals surface area contributed by atoms with E-state index in [4.69, 9.17) is 11.6 Å². The van der Waals surface area contributed by atoms with Crippen molar-refractivity contribution in [2.75, 3.05) is 49.5 Å². The number of amides is 2. The van der Waals surface area contributed by atoms with Crippen molar-refractivity contribution in [3.05, 3.63) is 29.3 Å². The lowest BCUT2D eigenvalue weighted by molar-refractivity contribution is -0.133. The Morgan fingerprint density at radius 3 is 2.48 bits per heavy atom. The number of hydrogen-bond acceptors (Lipinski definition) is 5. The molecule has 7 nitrogen and oxygen atoms in total. The first-order valence-corrected chi connectivity index (χ1v) is 11.3. The van der Waals surface area contributed by atoms with Crippen molar-refractivity contribution in [3.63, 3.8) is 0 Å². The van der Waals surface area contributed by atoms with E-state index in [0.717, 1.165) is 0 Å². The molecule has 0 aliphatic carbocycles. The average molecular weight is 414 g/mol. The topological polar surface area (TPSA) is 86.8 Å². The third kappa shape index (κ3) is 5.67. The number of carbonyl (C=O) groups excluding carboxylic acids is 2. The Kier molecular flexibility index (Phi) is 6.39. The van der Waals surface area contributed by atoms with Gasteiger partial charge in [-0.15, -0.1) is 0 Å². The summed E-state index contributed by atoms with van der Waals surface area (Å²) in [5, 5.41) is 3.29. The van der Waals surface area contributed by atoms with Crippen LogP contribution < -0.4 is 5.32 Å². The summed E-state index contributed by atoms with van der Waals surface area (Å²) in [6.45, 7) is 2.58. The summed E-state index contributed by atoms with van der Waals surface area (Å²) in [5.41, 5.74) is 0.587. The molecule has 27 heavy (non-hydrogen) atoms. The number of nitrogens with one attached hydrogen (secondary N) is 1. The second-order valence-corrected chi connectivity index (χ2v) is 9.79. The number of halogens is 1. The summed E-state index contributed by atoms with van der Waals surface area (Å²) in [5.74, 6) is 0.137. The second kappa shape index (κ2) is 8.58. The van der Waals surface area contributed by atoms with Crippen LogP contribution in [-0.4, -0.2) is 74.3 Å². The first-order chi connectivity index (χ1) is 12.8. The molecule has 2 amide bonds. The lowest BCUT2D eigenvalue weighted by Gasteiger charge is -2.34. The van der Waals surface area contributed by atoms with E-state index < -0.39 is 9.84 Å². The minimum absolute atomic E-state index is 0.0114. The number of para-hydroxylation sites is 1. The fourth-order valence-electron chi connectivity index (χ4n) is 3.52. The smallest absolute Gasteiger partial charge is 0.238 e. The summed E-state index contributed by atoms with van der Waals surface area (Å²) in [4.78, 5) is 28.3. The highest BCUT2D eigenvalue weighted by Crippen LogP contribution is 2.23. The zero-order valence-electron chi connectivity index (χ0n) is 15.1. The van der Waals surface area contributed by atoms with Crippen LogP contribution in [0, 0.1) is 5.92 Å². The zero-order chi connectivity index (χ0) is 19.4. The maximum atomic E-state index is 12.4. The van der Waals surface area contributed by atoms with Crippen LogP contribution in [0.3, 0.4) is 0 Å². The Balaban J connectivity index is 1.41. The number of piperazine rings is 1. The van der Waals surface area contributed by atoms with Gasteiger partial charge in [0.05, 0.1) is 28.8 Å². The van der Waals surface area contributed by atoms with E-state index in [2.05, 4.69) is 5.32 Å². The van der Waals surface area contributed by atoms with E-state index in [1.54, 1.807) is 23.1 Å². The van der Waals surface area contributed by atoms with Gasteiger partial charge in [0.15, 0.2) is 9.84 Å². The molecule has 1 N–H and O–H groups in total. The van der Waals surface area contributed by atoms with Crippen molar-refractivity contribution >= 4 is 38.9 Å². The molecule has 9 heteroatoms. The molecule has 2 aliphatic heterocycles. The highest BCUT2D eigenvalue weighted by molar-refractivity contribution is 7.91. The Morgan fingerprint density at radius 1 is 1.15 bits per heavy atom. The Morgan fingerprint density at radius 2 is 1.85 bits per heavy atom. The fraction of sp³-hybridized carbons (Fsp3) is 0.556. The molecule has 0 saturated carbocycles. The largest absolute Gasteiger partial charge is 0.340 e. The molecule has 0 bridgehead atoms. The van der Waals surface area contributed by atoms with Crippen LogP contribution in [0.25, 0.3) is 0 Å². The Bertz CT molecular complexity index is 807. The van der Waals surface area contributed by atoms with E-state index in [1.807, 2.05) is 11.0 Å². The molecule has 148 valence electrons. The molecule has 3 rings (SSSR count).